The number of nitrogens with zero attached hydrogens (tertiary/aromatic N) is 2. The third-order valence-electron chi connectivity index (χ3n) is 7.17. The molecule has 9 heteroatoms. The summed E-state index contributed by atoms with van der Waals surface area (Å²) < 4.78 is 4.48. The van der Waals surface area contributed by atoms with Gasteiger partial charge in [0.05, 0.1) is 20.2 Å². The number of methoxy groups -OCH3 is 1. The molecule has 1 atom stereocenters. The van der Waals surface area contributed by atoms with Gasteiger partial charge in [-0.1, -0.05) is 62.4 Å². The first-order valence-corrected chi connectivity index (χ1v) is 13.5. The predicted octanol–water partition coefficient (Wildman–Crippen LogP) is 2.81. The summed E-state index contributed by atoms with van der Waals surface area (Å²) in [7, 11) is 1.27. The number of carbonyl (C=O) groups is 4. The number of benzene rings is 2. The molecule has 3 amide bonds. The number of hydrogen-bond donors (Lipinski definition) is 2. The van der Waals surface area contributed by atoms with Crippen LogP contribution in [0.5, 0.6) is 0 Å². The molecule has 2 aromatic rings. The van der Waals surface area contributed by atoms with Gasteiger partial charge in [0.2, 0.25) is 17.7 Å². The molecule has 0 saturated carbocycles. The molecule has 0 aliphatic carbocycles. The number of esters is 1. The van der Waals surface area contributed by atoms with Gasteiger partial charge in [-0.15, -0.1) is 0 Å². The first kappa shape index (κ1) is 29.8. The fraction of sp³-hybridized carbons (Fsp3) is 0.467. The Labute approximate surface area is 230 Å². The Hall–Kier alpha value is -3.72. The van der Waals surface area contributed by atoms with Crippen molar-refractivity contribution in [1.82, 2.24) is 20.4 Å². The number of hydrogen-bond acceptors (Lipinski definition) is 6. The lowest BCUT2D eigenvalue weighted by molar-refractivity contribution is -0.142. The van der Waals surface area contributed by atoms with Crippen LogP contribution in [0, 0.1) is 5.92 Å². The van der Waals surface area contributed by atoms with Gasteiger partial charge in [-0.2, -0.15) is 0 Å². The number of piperidine rings is 1. The predicted molar refractivity (Wildman–Crippen MR) is 151 cm³/mol. The topological polar surface area (TPSA) is 108 Å². The Morgan fingerprint density at radius 3 is 2.38 bits per heavy atom. The van der Waals surface area contributed by atoms with E-state index in [0.717, 1.165) is 25.9 Å². The van der Waals surface area contributed by atoms with Gasteiger partial charge in [0.25, 0.3) is 0 Å². The summed E-state index contributed by atoms with van der Waals surface area (Å²) in [6, 6.07) is 15.0. The minimum Gasteiger partial charge on any atom is -0.466 e. The van der Waals surface area contributed by atoms with Gasteiger partial charge >= 0.3 is 5.97 Å². The number of ether oxygens (including phenoxy) is 1. The SMILES string of the molecule is COC(=O)/C=C/CNC(=O)CNC(=O)CN(C(=O)C(C)C)C1CCN(C(C)c2cccc3ccccc23)CC1. The summed E-state index contributed by atoms with van der Waals surface area (Å²) in [5, 5.41) is 7.66. The van der Waals surface area contributed by atoms with Crippen molar-refractivity contribution in [2.45, 2.75) is 45.7 Å². The van der Waals surface area contributed by atoms with Crippen LogP contribution >= 0.6 is 0 Å². The van der Waals surface area contributed by atoms with Gasteiger partial charge in [-0.25, -0.2) is 4.79 Å². The summed E-state index contributed by atoms with van der Waals surface area (Å²) in [4.78, 5) is 53.0. The fourth-order valence-electron chi connectivity index (χ4n) is 4.96. The van der Waals surface area contributed by atoms with E-state index in [9.17, 15) is 19.2 Å². The molecule has 3 rings (SSSR count). The van der Waals surface area contributed by atoms with Gasteiger partial charge in [-0.3, -0.25) is 19.3 Å². The molecule has 39 heavy (non-hydrogen) atoms. The van der Waals surface area contributed by atoms with Crippen molar-refractivity contribution in [3.63, 3.8) is 0 Å². The quantitative estimate of drug-likeness (QED) is 0.338. The number of nitrogens with one attached hydrogen (secondary N) is 2. The van der Waals surface area contributed by atoms with Crippen molar-refractivity contribution in [1.29, 1.82) is 0 Å². The van der Waals surface area contributed by atoms with E-state index in [2.05, 4.69) is 69.7 Å². The van der Waals surface area contributed by atoms with Gasteiger partial charge < -0.3 is 20.3 Å². The van der Waals surface area contributed by atoms with Crippen LogP contribution in [0.4, 0.5) is 0 Å². The molecule has 9 nitrogen and oxygen atoms in total. The average molecular weight is 537 g/mol. The van der Waals surface area contributed by atoms with Crippen LogP contribution in [0.1, 0.15) is 45.2 Å². The lowest BCUT2D eigenvalue weighted by Crippen LogP contribution is -2.52. The summed E-state index contributed by atoms with van der Waals surface area (Å²) in [5.74, 6) is -1.59. The first-order valence-electron chi connectivity index (χ1n) is 13.5. The highest BCUT2D eigenvalue weighted by molar-refractivity contribution is 5.89. The second-order valence-electron chi connectivity index (χ2n) is 10.1. The van der Waals surface area contributed by atoms with Gasteiger partial charge in [0.15, 0.2) is 0 Å². The number of carbonyl (C=O) groups excluding carboxylic acids is 4. The standard InChI is InChI=1S/C30H40N4O5/c1-21(2)30(38)34(20-28(36)32-19-27(35)31-16-8-13-29(37)39-4)24-14-17-33(18-15-24)22(3)25-12-7-10-23-9-5-6-11-26(23)25/h5-13,21-22,24H,14-20H2,1-4H3,(H,31,35)(H,32,36)/b13-8+. The first-order chi connectivity index (χ1) is 18.7. The van der Waals surface area contributed by atoms with E-state index >= 15 is 0 Å². The summed E-state index contributed by atoms with van der Waals surface area (Å²) in [6.07, 6.45) is 4.21. The van der Waals surface area contributed by atoms with Crippen molar-refractivity contribution in [3.8, 4) is 0 Å². The largest absolute Gasteiger partial charge is 0.466 e. The molecular formula is C30H40N4O5. The monoisotopic (exact) mass is 536 g/mol. The summed E-state index contributed by atoms with van der Waals surface area (Å²) in [5.41, 5.74) is 1.29. The van der Waals surface area contributed by atoms with Crippen LogP contribution in [0.2, 0.25) is 0 Å². The third-order valence-corrected chi connectivity index (χ3v) is 7.17. The Kier molecular flexibility index (Phi) is 11.0. The second kappa shape index (κ2) is 14.4. The molecule has 1 unspecified atom stereocenters. The lowest BCUT2D eigenvalue weighted by atomic mass is 9.95. The Balaban J connectivity index is 1.55. The van der Waals surface area contributed by atoms with E-state index in [1.165, 1.54) is 35.6 Å². The summed E-state index contributed by atoms with van der Waals surface area (Å²) >= 11 is 0. The van der Waals surface area contributed by atoms with Crippen LogP contribution in [0.15, 0.2) is 54.6 Å². The minimum atomic E-state index is -0.513. The Morgan fingerprint density at radius 2 is 1.69 bits per heavy atom. The molecule has 2 aromatic carbocycles. The van der Waals surface area contributed by atoms with Crippen LogP contribution in [-0.2, 0) is 23.9 Å². The Morgan fingerprint density at radius 1 is 1.00 bits per heavy atom. The zero-order chi connectivity index (χ0) is 28.4. The molecule has 0 aromatic heterocycles. The van der Waals surface area contributed by atoms with Crippen molar-refractivity contribution in [3.05, 3.63) is 60.2 Å². The van der Waals surface area contributed by atoms with Crippen molar-refractivity contribution in [2.24, 2.45) is 5.92 Å². The molecule has 1 saturated heterocycles. The number of amides is 3. The van der Waals surface area contributed by atoms with Crippen molar-refractivity contribution >= 4 is 34.5 Å². The van der Waals surface area contributed by atoms with Crippen molar-refractivity contribution < 1.29 is 23.9 Å². The Bertz CT molecular complexity index is 1180. The van der Waals surface area contributed by atoms with E-state index in [1.807, 2.05) is 13.8 Å². The minimum absolute atomic E-state index is 0.0427. The average Bonchev–Trinajstić information content (AvgIpc) is 2.95. The maximum Gasteiger partial charge on any atom is 0.330 e. The molecule has 0 bridgehead atoms. The van der Waals surface area contributed by atoms with E-state index in [0.29, 0.717) is 0 Å². The van der Waals surface area contributed by atoms with Crippen LogP contribution in [0.25, 0.3) is 10.8 Å². The van der Waals surface area contributed by atoms with Crippen LogP contribution in [-0.4, -0.2) is 79.4 Å². The molecule has 210 valence electrons. The molecule has 1 aliphatic heterocycles. The van der Waals surface area contributed by atoms with Crippen LogP contribution < -0.4 is 10.6 Å². The van der Waals surface area contributed by atoms with Gasteiger partial charge in [-0.05, 0) is 36.1 Å². The molecule has 0 spiro atoms. The van der Waals surface area contributed by atoms with Gasteiger partial charge in [0, 0.05) is 43.7 Å². The number of rotatable bonds is 11. The van der Waals surface area contributed by atoms with Crippen LogP contribution in [0.3, 0.4) is 0 Å². The fourth-order valence-corrected chi connectivity index (χ4v) is 4.96. The number of fused-ring (bicyclic) bond motifs is 1. The third kappa shape index (κ3) is 8.38. The van der Waals surface area contributed by atoms with E-state index in [-0.39, 0.29) is 49.5 Å². The number of likely N-dealkylation sites (tertiary alicyclic amines) is 1. The highest BCUT2D eigenvalue weighted by atomic mass is 16.5. The maximum atomic E-state index is 13.1. The lowest BCUT2D eigenvalue weighted by Gasteiger charge is -2.41. The van der Waals surface area contributed by atoms with Gasteiger partial charge in [0.1, 0.15) is 0 Å². The molecule has 1 aliphatic rings. The highest BCUT2D eigenvalue weighted by Gasteiger charge is 2.32. The van der Waals surface area contributed by atoms with Crippen molar-refractivity contribution in [2.75, 3.05) is 39.8 Å². The molecule has 1 heterocycles. The second-order valence-corrected chi connectivity index (χ2v) is 10.1. The smallest absolute Gasteiger partial charge is 0.330 e. The van der Waals surface area contributed by atoms with E-state index in [1.54, 1.807) is 4.90 Å². The zero-order valence-electron chi connectivity index (χ0n) is 23.3. The zero-order valence-corrected chi connectivity index (χ0v) is 23.3. The molecule has 2 N–H and O–H groups in total. The normalized spacial score (nSPS) is 15.3. The maximum absolute atomic E-state index is 13.1. The molecular weight excluding hydrogens is 496 g/mol. The summed E-state index contributed by atoms with van der Waals surface area (Å²) in [6.45, 7) is 7.37. The highest BCUT2D eigenvalue weighted by Crippen LogP contribution is 2.31. The van der Waals surface area contributed by atoms with E-state index < -0.39 is 11.9 Å². The molecule has 0 radical (unpaired) electrons. The molecule has 1 fully saturated rings. The van der Waals surface area contributed by atoms with E-state index in [4.69, 9.17) is 0 Å².